The summed E-state index contributed by atoms with van der Waals surface area (Å²) in [4.78, 5) is 12.4. The Bertz CT molecular complexity index is 926. The Morgan fingerprint density at radius 3 is 2.44 bits per heavy atom. The zero-order valence-electron chi connectivity index (χ0n) is 15.2. The third kappa shape index (κ3) is 4.58. The normalized spacial score (nSPS) is 14.0. The van der Waals surface area contributed by atoms with Crippen molar-refractivity contribution >= 4 is 15.9 Å². The average molecular weight is 390 g/mol. The van der Waals surface area contributed by atoms with Crippen LogP contribution < -0.4 is 19.5 Å². The third-order valence-corrected chi connectivity index (χ3v) is 5.83. The summed E-state index contributed by atoms with van der Waals surface area (Å²) < 4.78 is 37.8. The molecule has 0 bridgehead atoms. The predicted octanol–water partition coefficient (Wildman–Crippen LogP) is 1.96. The van der Waals surface area contributed by atoms with E-state index in [1.807, 2.05) is 13.0 Å². The first-order valence-electron chi connectivity index (χ1n) is 8.66. The van der Waals surface area contributed by atoms with E-state index in [-0.39, 0.29) is 18.2 Å². The molecule has 1 heterocycles. The van der Waals surface area contributed by atoms with Gasteiger partial charge in [-0.25, -0.2) is 8.42 Å². The maximum Gasteiger partial charge on any atom is 0.241 e. The van der Waals surface area contributed by atoms with Crippen LogP contribution in [0, 0.1) is 0 Å². The number of aryl methyl sites for hydroxylation is 1. The Hall–Kier alpha value is -2.58. The molecule has 0 aromatic heterocycles. The van der Waals surface area contributed by atoms with E-state index in [0.717, 1.165) is 17.5 Å². The number of hydrogen-bond acceptors (Lipinski definition) is 5. The van der Waals surface area contributed by atoms with Crippen LogP contribution in [0.3, 0.4) is 0 Å². The molecule has 0 radical (unpaired) electrons. The van der Waals surface area contributed by atoms with Gasteiger partial charge in [-0.2, -0.15) is 4.72 Å². The fraction of sp³-hybridized carbons (Fsp3) is 0.316. The highest BCUT2D eigenvalue weighted by Gasteiger charge is 2.22. The zero-order chi connectivity index (χ0) is 19.4. The van der Waals surface area contributed by atoms with Crippen molar-refractivity contribution in [1.29, 1.82) is 0 Å². The molecule has 1 aliphatic heterocycles. The number of sulfonamides is 1. The summed E-state index contributed by atoms with van der Waals surface area (Å²) in [6.45, 7) is 3.94. The highest BCUT2D eigenvalue weighted by Crippen LogP contribution is 2.32. The van der Waals surface area contributed by atoms with Crippen molar-refractivity contribution in [3.05, 3.63) is 53.6 Å². The average Bonchev–Trinajstić information content (AvgIpc) is 3.13. The van der Waals surface area contributed by atoms with E-state index < -0.39 is 22.0 Å². The Balaban J connectivity index is 1.58. The molecule has 2 aromatic rings. The molecule has 144 valence electrons. The van der Waals surface area contributed by atoms with Gasteiger partial charge in [-0.1, -0.05) is 25.1 Å². The van der Waals surface area contributed by atoms with Crippen LogP contribution in [0.5, 0.6) is 11.5 Å². The van der Waals surface area contributed by atoms with E-state index in [1.54, 1.807) is 36.4 Å². The van der Waals surface area contributed by atoms with E-state index in [2.05, 4.69) is 10.0 Å². The second-order valence-electron chi connectivity index (χ2n) is 6.25. The van der Waals surface area contributed by atoms with Gasteiger partial charge in [0.2, 0.25) is 22.7 Å². The Kier molecular flexibility index (Phi) is 5.67. The van der Waals surface area contributed by atoms with Gasteiger partial charge in [0.25, 0.3) is 0 Å². The van der Waals surface area contributed by atoms with Gasteiger partial charge in [0, 0.05) is 6.54 Å². The monoisotopic (exact) mass is 390 g/mol. The number of hydrogen-bond donors (Lipinski definition) is 2. The Morgan fingerprint density at radius 2 is 1.74 bits per heavy atom. The minimum atomic E-state index is -3.77. The lowest BCUT2D eigenvalue weighted by molar-refractivity contribution is -0.122. The van der Waals surface area contributed by atoms with Crippen LogP contribution in [0.25, 0.3) is 0 Å². The SMILES string of the molecule is CCc1ccc(S(=O)(=O)N[C@@H](C)C(=O)NCc2ccc3c(c2)OCO3)cc1. The van der Waals surface area contributed by atoms with Gasteiger partial charge in [0.15, 0.2) is 11.5 Å². The van der Waals surface area contributed by atoms with E-state index in [0.29, 0.717) is 11.5 Å². The van der Waals surface area contributed by atoms with Crippen molar-refractivity contribution in [3.8, 4) is 11.5 Å². The lowest BCUT2D eigenvalue weighted by Crippen LogP contribution is -2.44. The van der Waals surface area contributed by atoms with Gasteiger partial charge < -0.3 is 14.8 Å². The number of nitrogens with one attached hydrogen (secondary N) is 2. The first kappa shape index (κ1) is 19.2. The molecular weight excluding hydrogens is 368 g/mol. The minimum absolute atomic E-state index is 0.134. The van der Waals surface area contributed by atoms with Crippen molar-refractivity contribution in [2.45, 2.75) is 37.8 Å². The summed E-state index contributed by atoms with van der Waals surface area (Å²) in [6.07, 6.45) is 0.826. The van der Waals surface area contributed by atoms with Crippen molar-refractivity contribution in [2.24, 2.45) is 0 Å². The van der Waals surface area contributed by atoms with Crippen molar-refractivity contribution < 1.29 is 22.7 Å². The zero-order valence-corrected chi connectivity index (χ0v) is 16.0. The number of benzene rings is 2. The van der Waals surface area contributed by atoms with E-state index in [9.17, 15) is 13.2 Å². The van der Waals surface area contributed by atoms with Gasteiger partial charge in [-0.05, 0) is 48.7 Å². The van der Waals surface area contributed by atoms with Crippen LogP contribution in [0.1, 0.15) is 25.0 Å². The standard InChI is InChI=1S/C19H22N2O5S/c1-3-14-4-7-16(8-5-14)27(23,24)21-13(2)19(22)20-11-15-6-9-17-18(10-15)26-12-25-17/h4-10,13,21H,3,11-12H2,1-2H3,(H,20,22)/t13-/m0/s1. The second kappa shape index (κ2) is 7.98. The molecule has 0 saturated carbocycles. The second-order valence-corrected chi connectivity index (χ2v) is 7.96. The van der Waals surface area contributed by atoms with Crippen molar-refractivity contribution in [3.63, 3.8) is 0 Å². The fourth-order valence-electron chi connectivity index (χ4n) is 2.65. The quantitative estimate of drug-likeness (QED) is 0.754. The van der Waals surface area contributed by atoms with Crippen LogP contribution in [-0.2, 0) is 27.8 Å². The van der Waals surface area contributed by atoms with Gasteiger partial charge in [0.05, 0.1) is 10.9 Å². The minimum Gasteiger partial charge on any atom is -0.454 e. The van der Waals surface area contributed by atoms with Gasteiger partial charge in [-0.3, -0.25) is 4.79 Å². The molecule has 7 nitrogen and oxygen atoms in total. The van der Waals surface area contributed by atoms with E-state index in [4.69, 9.17) is 9.47 Å². The molecule has 2 aromatic carbocycles. The molecule has 0 saturated heterocycles. The Labute approximate surface area is 158 Å². The highest BCUT2D eigenvalue weighted by atomic mass is 32.2. The number of rotatable bonds is 7. The van der Waals surface area contributed by atoms with Crippen LogP contribution >= 0.6 is 0 Å². The third-order valence-electron chi connectivity index (χ3n) is 4.27. The number of ether oxygens (including phenoxy) is 2. The summed E-state index contributed by atoms with van der Waals surface area (Å²) in [5.74, 6) is 0.882. The molecule has 1 aliphatic rings. The van der Waals surface area contributed by atoms with Gasteiger partial charge in [-0.15, -0.1) is 0 Å². The summed E-state index contributed by atoms with van der Waals surface area (Å²) >= 11 is 0. The fourth-order valence-corrected chi connectivity index (χ4v) is 3.85. The maximum atomic E-state index is 12.4. The van der Waals surface area contributed by atoms with Gasteiger partial charge >= 0.3 is 0 Å². The smallest absolute Gasteiger partial charge is 0.241 e. The summed E-state index contributed by atoms with van der Waals surface area (Å²) in [7, 11) is -3.77. The summed E-state index contributed by atoms with van der Waals surface area (Å²) in [5.41, 5.74) is 1.88. The van der Waals surface area contributed by atoms with Crippen LogP contribution in [-0.4, -0.2) is 27.2 Å². The van der Waals surface area contributed by atoms with Crippen LogP contribution in [0.4, 0.5) is 0 Å². The predicted molar refractivity (Wildman–Crippen MR) is 100 cm³/mol. The molecule has 2 N–H and O–H groups in total. The number of carbonyl (C=O) groups is 1. The largest absolute Gasteiger partial charge is 0.454 e. The number of amides is 1. The maximum absolute atomic E-state index is 12.4. The summed E-state index contributed by atoms with van der Waals surface area (Å²) in [6, 6.07) is 11.1. The lowest BCUT2D eigenvalue weighted by Gasteiger charge is -2.15. The van der Waals surface area contributed by atoms with Crippen LogP contribution in [0.2, 0.25) is 0 Å². The Morgan fingerprint density at radius 1 is 1.07 bits per heavy atom. The molecule has 8 heteroatoms. The molecule has 0 spiro atoms. The molecule has 3 rings (SSSR count). The summed E-state index contributed by atoms with van der Waals surface area (Å²) in [5, 5.41) is 2.72. The first-order chi connectivity index (χ1) is 12.9. The molecular formula is C19H22N2O5S. The molecule has 27 heavy (non-hydrogen) atoms. The van der Waals surface area contributed by atoms with Gasteiger partial charge in [0.1, 0.15) is 0 Å². The van der Waals surface area contributed by atoms with E-state index >= 15 is 0 Å². The van der Waals surface area contributed by atoms with E-state index in [1.165, 1.54) is 6.92 Å². The number of carbonyl (C=O) groups excluding carboxylic acids is 1. The van der Waals surface area contributed by atoms with Crippen molar-refractivity contribution in [2.75, 3.05) is 6.79 Å². The number of fused-ring (bicyclic) bond motifs is 1. The van der Waals surface area contributed by atoms with Crippen LogP contribution in [0.15, 0.2) is 47.4 Å². The lowest BCUT2D eigenvalue weighted by atomic mass is 10.2. The molecule has 0 fully saturated rings. The highest BCUT2D eigenvalue weighted by molar-refractivity contribution is 7.89. The molecule has 1 atom stereocenters. The molecule has 0 unspecified atom stereocenters. The molecule has 1 amide bonds. The molecule has 0 aliphatic carbocycles. The van der Waals surface area contributed by atoms with Crippen molar-refractivity contribution in [1.82, 2.24) is 10.0 Å². The topological polar surface area (TPSA) is 93.7 Å². The first-order valence-corrected chi connectivity index (χ1v) is 10.1.